The van der Waals surface area contributed by atoms with Crippen molar-refractivity contribution in [3.05, 3.63) is 59.4 Å². The third-order valence-corrected chi connectivity index (χ3v) is 4.13. The van der Waals surface area contributed by atoms with Crippen LogP contribution < -0.4 is 5.32 Å². The Hall–Kier alpha value is -2.38. The third-order valence-electron chi connectivity index (χ3n) is 3.05. The van der Waals surface area contributed by atoms with Crippen LogP contribution >= 0.6 is 23.4 Å². The van der Waals surface area contributed by atoms with Crippen molar-refractivity contribution >= 4 is 35.0 Å². The van der Waals surface area contributed by atoms with Gasteiger partial charge in [0.2, 0.25) is 11.1 Å². The predicted molar refractivity (Wildman–Crippen MR) is 92.6 cm³/mol. The zero-order valence-electron chi connectivity index (χ0n) is 12.3. The minimum Gasteiger partial charge on any atom is -0.323 e. The molecule has 0 fully saturated rings. The molecule has 2 aromatic carbocycles. The minimum atomic E-state index is -0.540. The Kier molecular flexibility index (Phi) is 5.12. The second kappa shape index (κ2) is 7.46. The summed E-state index contributed by atoms with van der Waals surface area (Å²) in [6.07, 6.45) is 0. The summed E-state index contributed by atoms with van der Waals surface area (Å²) < 4.78 is 13.6. The number of nitrogens with one attached hydrogen (secondary N) is 2. The smallest absolute Gasteiger partial charge is 0.234 e. The van der Waals surface area contributed by atoms with E-state index in [4.69, 9.17) is 11.6 Å². The Morgan fingerprint density at radius 2 is 2.04 bits per heavy atom. The highest BCUT2D eigenvalue weighted by molar-refractivity contribution is 7.99. The van der Waals surface area contributed by atoms with E-state index in [9.17, 15) is 9.18 Å². The summed E-state index contributed by atoms with van der Waals surface area (Å²) in [5, 5.41) is 10.1. The molecule has 0 unspecified atom stereocenters. The molecule has 0 bridgehead atoms. The van der Waals surface area contributed by atoms with Crippen molar-refractivity contribution in [1.82, 2.24) is 15.2 Å². The Morgan fingerprint density at radius 1 is 1.25 bits per heavy atom. The molecule has 0 spiro atoms. The maximum absolute atomic E-state index is 13.6. The van der Waals surface area contributed by atoms with Crippen LogP contribution in [-0.2, 0) is 4.79 Å². The first kappa shape index (κ1) is 16.5. The molecule has 8 heteroatoms. The first-order valence-corrected chi connectivity index (χ1v) is 8.34. The highest BCUT2D eigenvalue weighted by Crippen LogP contribution is 2.21. The zero-order chi connectivity index (χ0) is 16.9. The number of hydrogen-bond donors (Lipinski definition) is 2. The number of aromatic nitrogens is 3. The largest absolute Gasteiger partial charge is 0.323 e. The summed E-state index contributed by atoms with van der Waals surface area (Å²) in [5.74, 6) is -0.230. The fourth-order valence-corrected chi connectivity index (χ4v) is 2.72. The summed E-state index contributed by atoms with van der Waals surface area (Å²) in [7, 11) is 0. The lowest BCUT2D eigenvalue weighted by Gasteiger charge is -2.05. The van der Waals surface area contributed by atoms with Gasteiger partial charge in [-0.2, -0.15) is 0 Å². The van der Waals surface area contributed by atoms with Gasteiger partial charge >= 0.3 is 0 Å². The highest BCUT2D eigenvalue weighted by Gasteiger charge is 2.11. The molecule has 0 radical (unpaired) electrons. The second-order valence-electron chi connectivity index (χ2n) is 4.79. The van der Waals surface area contributed by atoms with E-state index < -0.39 is 5.82 Å². The highest BCUT2D eigenvalue weighted by atomic mass is 35.5. The second-order valence-corrected chi connectivity index (χ2v) is 6.17. The molecule has 0 saturated heterocycles. The van der Waals surface area contributed by atoms with E-state index in [1.807, 2.05) is 30.3 Å². The molecule has 0 atom stereocenters. The summed E-state index contributed by atoms with van der Waals surface area (Å²) >= 11 is 6.94. The van der Waals surface area contributed by atoms with Crippen LogP contribution in [0.3, 0.4) is 0 Å². The minimum absolute atomic E-state index is 0.0491. The van der Waals surface area contributed by atoms with E-state index in [1.54, 1.807) is 0 Å². The van der Waals surface area contributed by atoms with E-state index in [1.165, 1.54) is 18.2 Å². The molecule has 0 aliphatic rings. The first-order valence-electron chi connectivity index (χ1n) is 6.97. The van der Waals surface area contributed by atoms with Gasteiger partial charge in [-0.05, 0) is 18.2 Å². The summed E-state index contributed by atoms with van der Waals surface area (Å²) in [5.41, 5.74) is 0.954. The lowest BCUT2D eigenvalue weighted by Crippen LogP contribution is -2.15. The standard InChI is InChI=1S/C16H12ClFN4OS/c17-11-6-7-12(18)13(8-11)19-14(23)9-24-16-20-15(21-22-16)10-4-2-1-3-5-10/h1-8H,9H2,(H,19,23)(H,20,21,22). The van der Waals surface area contributed by atoms with Crippen molar-refractivity contribution in [2.24, 2.45) is 0 Å². The molecule has 1 heterocycles. The van der Waals surface area contributed by atoms with Gasteiger partial charge in [-0.15, -0.1) is 5.10 Å². The van der Waals surface area contributed by atoms with Crippen LogP contribution in [-0.4, -0.2) is 26.8 Å². The number of carbonyl (C=O) groups excluding carboxylic acids is 1. The summed E-state index contributed by atoms with van der Waals surface area (Å²) in [4.78, 5) is 16.2. The van der Waals surface area contributed by atoms with Crippen molar-refractivity contribution in [2.45, 2.75) is 5.16 Å². The van der Waals surface area contributed by atoms with Crippen LogP contribution in [0.5, 0.6) is 0 Å². The van der Waals surface area contributed by atoms with Crippen molar-refractivity contribution in [3.63, 3.8) is 0 Å². The van der Waals surface area contributed by atoms with Gasteiger partial charge < -0.3 is 5.32 Å². The number of aromatic amines is 1. The summed E-state index contributed by atoms with van der Waals surface area (Å²) in [6, 6.07) is 13.5. The van der Waals surface area contributed by atoms with E-state index in [0.717, 1.165) is 17.3 Å². The van der Waals surface area contributed by atoms with E-state index in [-0.39, 0.29) is 17.3 Å². The van der Waals surface area contributed by atoms with Gasteiger partial charge in [0.1, 0.15) is 5.82 Å². The van der Waals surface area contributed by atoms with Crippen LogP contribution in [0.1, 0.15) is 0 Å². The van der Waals surface area contributed by atoms with E-state index >= 15 is 0 Å². The molecule has 1 aromatic heterocycles. The molecule has 5 nitrogen and oxygen atoms in total. The van der Waals surface area contributed by atoms with Gasteiger partial charge in [0, 0.05) is 10.6 Å². The summed E-state index contributed by atoms with van der Waals surface area (Å²) in [6.45, 7) is 0. The van der Waals surface area contributed by atoms with Crippen molar-refractivity contribution in [1.29, 1.82) is 0 Å². The number of amides is 1. The Bertz CT molecular complexity index is 856. The molecular formula is C16H12ClFN4OS. The van der Waals surface area contributed by atoms with Gasteiger partial charge in [-0.3, -0.25) is 9.89 Å². The van der Waals surface area contributed by atoms with Crippen LogP contribution in [0.15, 0.2) is 53.7 Å². The van der Waals surface area contributed by atoms with Gasteiger partial charge in [0.05, 0.1) is 11.4 Å². The van der Waals surface area contributed by atoms with E-state index in [2.05, 4.69) is 20.5 Å². The average Bonchev–Trinajstić information content (AvgIpc) is 3.06. The number of benzene rings is 2. The van der Waals surface area contributed by atoms with Crippen LogP contribution in [0.4, 0.5) is 10.1 Å². The molecule has 0 aliphatic heterocycles. The molecule has 3 aromatic rings. The van der Waals surface area contributed by atoms with E-state index in [0.29, 0.717) is 16.0 Å². The Labute approximate surface area is 146 Å². The molecule has 24 heavy (non-hydrogen) atoms. The first-order chi connectivity index (χ1) is 11.6. The molecular weight excluding hydrogens is 351 g/mol. The third kappa shape index (κ3) is 4.12. The van der Waals surface area contributed by atoms with Crippen LogP contribution in [0.2, 0.25) is 5.02 Å². The fraction of sp³-hybridized carbons (Fsp3) is 0.0625. The van der Waals surface area contributed by atoms with Crippen molar-refractivity contribution in [2.75, 3.05) is 11.1 Å². The maximum atomic E-state index is 13.6. The van der Waals surface area contributed by atoms with Gasteiger partial charge in [-0.1, -0.05) is 53.7 Å². The fourth-order valence-electron chi connectivity index (χ4n) is 1.95. The van der Waals surface area contributed by atoms with Crippen LogP contribution in [0, 0.1) is 5.82 Å². The number of halogens is 2. The quantitative estimate of drug-likeness (QED) is 0.673. The molecule has 0 aliphatic carbocycles. The predicted octanol–water partition coefficient (Wildman–Crippen LogP) is 4.00. The number of anilines is 1. The molecule has 122 valence electrons. The maximum Gasteiger partial charge on any atom is 0.234 e. The van der Waals surface area contributed by atoms with Gasteiger partial charge in [-0.25, -0.2) is 9.37 Å². The number of hydrogen-bond acceptors (Lipinski definition) is 4. The number of nitrogens with zero attached hydrogens (tertiary/aromatic N) is 2. The number of rotatable bonds is 5. The lowest BCUT2D eigenvalue weighted by atomic mass is 10.2. The Balaban J connectivity index is 1.59. The Morgan fingerprint density at radius 3 is 2.83 bits per heavy atom. The topological polar surface area (TPSA) is 70.7 Å². The van der Waals surface area contributed by atoms with Gasteiger partial charge in [0.15, 0.2) is 5.82 Å². The van der Waals surface area contributed by atoms with Gasteiger partial charge in [0.25, 0.3) is 0 Å². The SMILES string of the molecule is O=C(CSc1n[nH]c(-c2ccccc2)n1)Nc1cc(Cl)ccc1F. The molecule has 1 amide bonds. The number of thioether (sulfide) groups is 1. The normalized spacial score (nSPS) is 10.6. The molecule has 2 N–H and O–H groups in total. The van der Waals surface area contributed by atoms with Crippen LogP contribution in [0.25, 0.3) is 11.4 Å². The monoisotopic (exact) mass is 362 g/mol. The molecule has 0 saturated carbocycles. The number of carbonyl (C=O) groups is 1. The van der Waals surface area contributed by atoms with Crippen molar-refractivity contribution < 1.29 is 9.18 Å². The zero-order valence-corrected chi connectivity index (χ0v) is 13.9. The number of H-pyrrole nitrogens is 1. The average molecular weight is 363 g/mol. The molecule has 3 rings (SSSR count). The lowest BCUT2D eigenvalue weighted by molar-refractivity contribution is -0.113. The van der Waals surface area contributed by atoms with Crippen molar-refractivity contribution in [3.8, 4) is 11.4 Å².